The molecule has 1 aromatic heterocycles. The Hall–Kier alpha value is -2.71. The third kappa shape index (κ3) is 5.63. The van der Waals surface area contributed by atoms with Gasteiger partial charge in [-0.05, 0) is 19.1 Å². The molecule has 0 atom stereocenters. The number of morpholine rings is 1. The van der Waals surface area contributed by atoms with Crippen molar-refractivity contribution in [3.8, 4) is 5.75 Å². The maximum absolute atomic E-state index is 12.4. The fourth-order valence-corrected chi connectivity index (χ4v) is 2.74. The van der Waals surface area contributed by atoms with E-state index in [1.54, 1.807) is 12.3 Å². The highest BCUT2D eigenvalue weighted by Crippen LogP contribution is 2.24. The Morgan fingerprint density at radius 3 is 2.78 bits per heavy atom. The van der Waals surface area contributed by atoms with Crippen molar-refractivity contribution in [2.24, 2.45) is 0 Å². The first-order chi connectivity index (χ1) is 13.3. The topological polar surface area (TPSA) is 88.6 Å². The number of anilines is 2. The summed E-state index contributed by atoms with van der Waals surface area (Å²) in [5.74, 6) is 0.951. The molecule has 0 saturated carbocycles. The Kier molecular flexibility index (Phi) is 6.95. The third-order valence-corrected chi connectivity index (χ3v) is 4.16. The molecular weight excluding hydrogens is 346 g/mol. The molecule has 0 aliphatic carbocycles. The quantitative estimate of drug-likeness (QED) is 0.732. The molecule has 27 heavy (non-hydrogen) atoms. The third-order valence-electron chi connectivity index (χ3n) is 4.16. The van der Waals surface area contributed by atoms with E-state index in [9.17, 15) is 4.79 Å². The van der Waals surface area contributed by atoms with Crippen LogP contribution in [0.1, 0.15) is 17.4 Å². The van der Waals surface area contributed by atoms with E-state index in [2.05, 4.69) is 25.5 Å². The van der Waals surface area contributed by atoms with E-state index < -0.39 is 0 Å². The van der Waals surface area contributed by atoms with Crippen LogP contribution in [0.25, 0.3) is 0 Å². The van der Waals surface area contributed by atoms with E-state index in [1.807, 2.05) is 25.1 Å². The molecule has 1 saturated heterocycles. The van der Waals surface area contributed by atoms with Crippen molar-refractivity contribution < 1.29 is 14.3 Å². The summed E-state index contributed by atoms with van der Waals surface area (Å²) in [6, 6.07) is 7.30. The van der Waals surface area contributed by atoms with Gasteiger partial charge in [0.2, 0.25) is 0 Å². The summed E-state index contributed by atoms with van der Waals surface area (Å²) in [4.78, 5) is 23.2. The molecular formula is C19H25N5O3. The van der Waals surface area contributed by atoms with Crippen molar-refractivity contribution in [3.05, 3.63) is 42.4 Å². The second kappa shape index (κ2) is 9.84. The minimum absolute atomic E-state index is 0.250. The minimum Gasteiger partial charge on any atom is -0.492 e. The van der Waals surface area contributed by atoms with Crippen LogP contribution in [0, 0.1) is 0 Å². The van der Waals surface area contributed by atoms with Crippen molar-refractivity contribution in [2.75, 3.05) is 56.6 Å². The van der Waals surface area contributed by atoms with Gasteiger partial charge in [0.05, 0.1) is 37.9 Å². The lowest BCUT2D eigenvalue weighted by molar-refractivity contribution is 0.0398. The Morgan fingerprint density at radius 2 is 2.04 bits per heavy atom. The van der Waals surface area contributed by atoms with Gasteiger partial charge in [0.1, 0.15) is 17.3 Å². The average molecular weight is 371 g/mol. The molecule has 0 unspecified atom stereocenters. The molecule has 2 N–H and O–H groups in total. The number of rotatable bonds is 8. The first kappa shape index (κ1) is 19.1. The van der Waals surface area contributed by atoms with Gasteiger partial charge in [-0.15, -0.1) is 0 Å². The van der Waals surface area contributed by atoms with Gasteiger partial charge in [-0.1, -0.05) is 12.1 Å². The van der Waals surface area contributed by atoms with E-state index in [1.165, 1.54) is 6.20 Å². The van der Waals surface area contributed by atoms with Crippen LogP contribution in [0.3, 0.4) is 0 Å². The predicted molar refractivity (Wildman–Crippen MR) is 103 cm³/mol. The van der Waals surface area contributed by atoms with Gasteiger partial charge < -0.3 is 20.1 Å². The van der Waals surface area contributed by atoms with Crippen molar-refractivity contribution in [1.29, 1.82) is 0 Å². The summed E-state index contributed by atoms with van der Waals surface area (Å²) < 4.78 is 10.8. The highest BCUT2D eigenvalue weighted by Gasteiger charge is 2.12. The van der Waals surface area contributed by atoms with Gasteiger partial charge in [-0.25, -0.2) is 9.97 Å². The van der Waals surface area contributed by atoms with Gasteiger partial charge in [-0.3, -0.25) is 9.69 Å². The van der Waals surface area contributed by atoms with Crippen LogP contribution in [-0.4, -0.2) is 66.8 Å². The molecule has 1 aliphatic rings. The first-order valence-electron chi connectivity index (χ1n) is 9.15. The summed E-state index contributed by atoms with van der Waals surface area (Å²) in [6.07, 6.45) is 3.04. The van der Waals surface area contributed by atoms with Crippen molar-refractivity contribution in [2.45, 2.75) is 6.92 Å². The molecule has 0 spiro atoms. The molecule has 1 aliphatic heterocycles. The molecule has 3 rings (SSSR count). The molecule has 8 nitrogen and oxygen atoms in total. The number of ether oxygens (including phenoxy) is 2. The second-order valence-electron chi connectivity index (χ2n) is 6.05. The number of aromatic nitrogens is 2. The fraction of sp³-hybridized carbons (Fsp3) is 0.421. The molecule has 0 radical (unpaired) electrons. The number of hydrogen-bond acceptors (Lipinski definition) is 7. The smallest absolute Gasteiger partial charge is 0.275 e. The normalized spacial score (nSPS) is 14.6. The van der Waals surface area contributed by atoms with Gasteiger partial charge in [0.25, 0.3) is 5.91 Å². The lowest BCUT2D eigenvalue weighted by Crippen LogP contribution is -2.39. The molecule has 1 amide bonds. The van der Waals surface area contributed by atoms with Crippen molar-refractivity contribution >= 4 is 17.4 Å². The van der Waals surface area contributed by atoms with Crippen LogP contribution < -0.4 is 15.4 Å². The Morgan fingerprint density at radius 1 is 1.22 bits per heavy atom. The van der Waals surface area contributed by atoms with Crippen LogP contribution >= 0.6 is 0 Å². The van der Waals surface area contributed by atoms with Crippen LogP contribution in [0.15, 0.2) is 36.7 Å². The molecule has 2 heterocycles. The van der Waals surface area contributed by atoms with Gasteiger partial charge >= 0.3 is 0 Å². The zero-order chi connectivity index (χ0) is 18.9. The molecule has 0 bridgehead atoms. The zero-order valence-corrected chi connectivity index (χ0v) is 15.5. The standard InChI is InChI=1S/C19H25N5O3/c1-2-27-17-6-4-3-5-15(17)23-19(25)16-13-22-18(14-21-16)20-7-8-24-9-11-26-12-10-24/h3-6,13-14H,2,7-12H2,1H3,(H,20,22)(H,23,25). The van der Waals surface area contributed by atoms with Crippen molar-refractivity contribution in [1.82, 2.24) is 14.9 Å². The summed E-state index contributed by atoms with van der Waals surface area (Å²) in [6.45, 7) is 7.59. The van der Waals surface area contributed by atoms with Crippen molar-refractivity contribution in [3.63, 3.8) is 0 Å². The van der Waals surface area contributed by atoms with Gasteiger partial charge in [0.15, 0.2) is 0 Å². The average Bonchev–Trinajstić information content (AvgIpc) is 2.71. The summed E-state index contributed by atoms with van der Waals surface area (Å²) in [5, 5.41) is 6.04. The number of hydrogen-bond donors (Lipinski definition) is 2. The van der Waals surface area contributed by atoms with Crippen LogP contribution in [0.2, 0.25) is 0 Å². The Labute approximate surface area is 158 Å². The minimum atomic E-state index is -0.325. The number of amides is 1. The highest BCUT2D eigenvalue weighted by atomic mass is 16.5. The number of nitrogens with zero attached hydrogens (tertiary/aromatic N) is 3. The molecule has 2 aromatic rings. The van der Waals surface area contributed by atoms with E-state index >= 15 is 0 Å². The Balaban J connectivity index is 1.51. The Bertz CT molecular complexity index is 732. The maximum Gasteiger partial charge on any atom is 0.275 e. The van der Waals surface area contributed by atoms with Crippen LogP contribution in [0.4, 0.5) is 11.5 Å². The predicted octanol–water partition coefficient (Wildman–Crippen LogP) is 1.87. The summed E-state index contributed by atoms with van der Waals surface area (Å²) in [7, 11) is 0. The number of carbonyl (C=O) groups excluding carboxylic acids is 1. The number of para-hydroxylation sites is 2. The van der Waals surface area contributed by atoms with Gasteiger partial charge in [0, 0.05) is 26.2 Å². The van der Waals surface area contributed by atoms with Crippen LogP contribution in [0.5, 0.6) is 5.75 Å². The second-order valence-corrected chi connectivity index (χ2v) is 6.05. The molecule has 1 fully saturated rings. The fourth-order valence-electron chi connectivity index (χ4n) is 2.74. The number of benzene rings is 1. The first-order valence-corrected chi connectivity index (χ1v) is 9.15. The van der Waals surface area contributed by atoms with E-state index in [4.69, 9.17) is 9.47 Å². The molecule has 1 aromatic carbocycles. The molecule has 144 valence electrons. The SMILES string of the molecule is CCOc1ccccc1NC(=O)c1cnc(NCCN2CCOCC2)cn1. The number of carbonyl (C=O) groups is 1. The molecule has 8 heteroatoms. The summed E-state index contributed by atoms with van der Waals surface area (Å²) >= 11 is 0. The van der Waals surface area contributed by atoms with E-state index in [0.717, 1.165) is 39.4 Å². The van der Waals surface area contributed by atoms with Gasteiger partial charge in [-0.2, -0.15) is 0 Å². The highest BCUT2D eigenvalue weighted by molar-refractivity contribution is 6.03. The zero-order valence-electron chi connectivity index (χ0n) is 15.5. The lowest BCUT2D eigenvalue weighted by atomic mass is 10.3. The largest absolute Gasteiger partial charge is 0.492 e. The van der Waals surface area contributed by atoms with E-state index in [0.29, 0.717) is 23.9 Å². The maximum atomic E-state index is 12.4. The monoisotopic (exact) mass is 371 g/mol. The summed E-state index contributed by atoms with van der Waals surface area (Å²) in [5.41, 5.74) is 0.860. The van der Waals surface area contributed by atoms with Crippen LogP contribution in [-0.2, 0) is 4.74 Å². The lowest BCUT2D eigenvalue weighted by Gasteiger charge is -2.26. The number of nitrogens with one attached hydrogen (secondary N) is 2. The van der Waals surface area contributed by atoms with E-state index in [-0.39, 0.29) is 11.6 Å².